The molecule has 0 bridgehead atoms. The van der Waals surface area contributed by atoms with Crippen LogP contribution in [0.4, 0.5) is 0 Å². The van der Waals surface area contributed by atoms with Gasteiger partial charge in [-0.25, -0.2) is 9.78 Å². The minimum absolute atomic E-state index is 0.124. The summed E-state index contributed by atoms with van der Waals surface area (Å²) in [6.45, 7) is 8.05. The first-order chi connectivity index (χ1) is 18.8. The van der Waals surface area contributed by atoms with Crippen molar-refractivity contribution >= 4 is 29.8 Å². The Labute approximate surface area is 231 Å². The second-order valence-electron chi connectivity index (χ2n) is 9.48. The quantitative estimate of drug-likeness (QED) is 0.242. The predicted molar refractivity (Wildman–Crippen MR) is 135 cm³/mol. The van der Waals surface area contributed by atoms with Crippen LogP contribution < -0.4 is 14.8 Å². The smallest absolute Gasteiger partial charge is 0.331 e. The topological polar surface area (TPSA) is 175 Å². The van der Waals surface area contributed by atoms with E-state index < -0.39 is 72.8 Å². The van der Waals surface area contributed by atoms with Crippen LogP contribution in [0.5, 0.6) is 11.5 Å². The molecule has 4 atom stereocenters. The van der Waals surface area contributed by atoms with Crippen molar-refractivity contribution in [3.63, 3.8) is 0 Å². The first-order valence-electron chi connectivity index (χ1n) is 12.6. The van der Waals surface area contributed by atoms with Crippen molar-refractivity contribution in [2.75, 3.05) is 27.1 Å². The van der Waals surface area contributed by atoms with Gasteiger partial charge in [-0.2, -0.15) is 0 Å². The van der Waals surface area contributed by atoms with E-state index in [2.05, 4.69) is 10.3 Å². The molecule has 2 rings (SSSR count). The summed E-state index contributed by atoms with van der Waals surface area (Å²) in [5, 5.41) is 2.48. The Hall–Kier alpha value is -3.94. The number of pyridine rings is 1. The normalized spacial score (nSPS) is 21.3. The zero-order valence-electron chi connectivity index (χ0n) is 23.6. The number of cyclic esters (lactones) is 1. The van der Waals surface area contributed by atoms with Crippen LogP contribution >= 0.6 is 0 Å². The van der Waals surface area contributed by atoms with E-state index >= 15 is 0 Å². The standard InChI is InChI=1S/C26H36N2O12/c1-13(2)24(31)39-19-11-35-10-17(26(33)38-15(5)21(19)40-25(32)14(3)4)28-23(30)20-22(37-12-36-16(6)29)18(34-7)8-9-27-20/h8-9,13-15,17,19,21H,10-12H2,1-7H3,(H,28,30)/t15-,17-,19-,21-/m0/s1. The first-order valence-corrected chi connectivity index (χ1v) is 12.6. The lowest BCUT2D eigenvalue weighted by Crippen LogP contribution is -2.48. The van der Waals surface area contributed by atoms with Crippen LogP contribution in [0.1, 0.15) is 52.0 Å². The van der Waals surface area contributed by atoms with Gasteiger partial charge in [0.05, 0.1) is 32.2 Å². The lowest BCUT2D eigenvalue weighted by molar-refractivity contribution is -0.189. The van der Waals surface area contributed by atoms with Gasteiger partial charge in [0.2, 0.25) is 6.79 Å². The zero-order valence-corrected chi connectivity index (χ0v) is 23.6. The van der Waals surface area contributed by atoms with E-state index in [1.165, 1.54) is 33.2 Å². The molecule has 1 aliphatic rings. The van der Waals surface area contributed by atoms with Crippen LogP contribution in [-0.4, -0.2) is 86.2 Å². The Morgan fingerprint density at radius 1 is 1.07 bits per heavy atom. The number of nitrogens with zero attached hydrogens (tertiary/aromatic N) is 1. The molecule has 1 amide bonds. The number of nitrogens with one attached hydrogen (secondary N) is 1. The van der Waals surface area contributed by atoms with Crippen molar-refractivity contribution in [2.45, 2.75) is 65.9 Å². The van der Waals surface area contributed by atoms with Crippen LogP contribution in [0, 0.1) is 11.8 Å². The number of hydrogen-bond acceptors (Lipinski definition) is 13. The van der Waals surface area contributed by atoms with Gasteiger partial charge in [0, 0.05) is 19.2 Å². The molecule has 14 nitrogen and oxygen atoms in total. The van der Waals surface area contributed by atoms with Crippen molar-refractivity contribution in [2.24, 2.45) is 11.8 Å². The molecule has 1 aromatic heterocycles. The molecule has 0 aromatic carbocycles. The lowest BCUT2D eigenvalue weighted by atomic mass is 10.1. The average molecular weight is 569 g/mol. The number of methoxy groups -OCH3 is 1. The summed E-state index contributed by atoms with van der Waals surface area (Å²) >= 11 is 0. The number of carbonyl (C=O) groups excluding carboxylic acids is 5. The molecule has 1 N–H and O–H groups in total. The minimum Gasteiger partial charge on any atom is -0.493 e. The van der Waals surface area contributed by atoms with E-state index in [9.17, 15) is 24.0 Å². The molecule has 2 heterocycles. The number of rotatable bonds is 10. The minimum atomic E-state index is -1.33. The van der Waals surface area contributed by atoms with Gasteiger partial charge in [-0.15, -0.1) is 0 Å². The highest BCUT2D eigenvalue weighted by atomic mass is 16.7. The van der Waals surface area contributed by atoms with Gasteiger partial charge in [-0.05, 0) is 6.92 Å². The summed E-state index contributed by atoms with van der Waals surface area (Å²) in [7, 11) is 1.34. The third kappa shape index (κ3) is 9.07. The van der Waals surface area contributed by atoms with E-state index in [-0.39, 0.29) is 30.4 Å². The molecule has 1 fully saturated rings. The average Bonchev–Trinajstić information content (AvgIpc) is 2.93. The van der Waals surface area contributed by atoms with Gasteiger partial charge in [-0.1, -0.05) is 27.7 Å². The Morgan fingerprint density at radius 2 is 1.73 bits per heavy atom. The molecular formula is C26H36N2O12. The van der Waals surface area contributed by atoms with Crippen LogP contribution in [0.25, 0.3) is 0 Å². The zero-order chi connectivity index (χ0) is 30.0. The molecule has 0 radical (unpaired) electrons. The second-order valence-corrected chi connectivity index (χ2v) is 9.48. The molecule has 0 saturated carbocycles. The van der Waals surface area contributed by atoms with E-state index in [0.29, 0.717) is 0 Å². The van der Waals surface area contributed by atoms with Gasteiger partial charge in [0.1, 0.15) is 6.10 Å². The third-order valence-electron chi connectivity index (χ3n) is 5.52. The monoisotopic (exact) mass is 568 g/mol. The summed E-state index contributed by atoms with van der Waals surface area (Å²) in [5.41, 5.74) is -0.264. The molecule has 222 valence electrons. The number of hydrogen-bond donors (Lipinski definition) is 1. The summed E-state index contributed by atoms with van der Waals surface area (Å²) in [5.74, 6) is -4.49. The summed E-state index contributed by atoms with van der Waals surface area (Å²) < 4.78 is 37.6. The molecule has 0 spiro atoms. The fraction of sp³-hybridized carbons (Fsp3) is 0.615. The maximum Gasteiger partial charge on any atom is 0.331 e. The van der Waals surface area contributed by atoms with Crippen LogP contribution in [0.3, 0.4) is 0 Å². The van der Waals surface area contributed by atoms with Crippen molar-refractivity contribution < 1.29 is 57.1 Å². The number of ether oxygens (including phenoxy) is 7. The molecule has 1 saturated heterocycles. The van der Waals surface area contributed by atoms with Crippen molar-refractivity contribution in [1.29, 1.82) is 0 Å². The summed E-state index contributed by atoms with van der Waals surface area (Å²) in [4.78, 5) is 66.1. The fourth-order valence-electron chi connectivity index (χ4n) is 3.32. The molecule has 0 unspecified atom stereocenters. The van der Waals surface area contributed by atoms with Gasteiger partial charge in [0.15, 0.2) is 35.4 Å². The molecule has 1 aromatic rings. The summed E-state index contributed by atoms with van der Waals surface area (Å²) in [6.07, 6.45) is -2.04. The van der Waals surface area contributed by atoms with Crippen molar-refractivity contribution in [3.05, 3.63) is 18.0 Å². The fourth-order valence-corrected chi connectivity index (χ4v) is 3.32. The first kappa shape index (κ1) is 32.3. The van der Waals surface area contributed by atoms with Crippen LogP contribution in [-0.2, 0) is 42.9 Å². The second kappa shape index (κ2) is 15.0. The highest BCUT2D eigenvalue weighted by Crippen LogP contribution is 2.29. The van der Waals surface area contributed by atoms with Gasteiger partial charge >= 0.3 is 23.9 Å². The maximum atomic E-state index is 13.2. The van der Waals surface area contributed by atoms with Gasteiger partial charge < -0.3 is 38.5 Å². The SMILES string of the molecule is COc1ccnc(C(=O)N[C@H]2COC[C@H](OC(=O)C(C)C)[C@@H](OC(=O)C(C)C)[C@H](C)OC2=O)c1OCOC(C)=O. The van der Waals surface area contributed by atoms with Crippen LogP contribution in [0.2, 0.25) is 0 Å². The van der Waals surface area contributed by atoms with E-state index in [0.717, 1.165) is 0 Å². The predicted octanol–water partition coefficient (Wildman–Crippen LogP) is 1.19. The third-order valence-corrected chi connectivity index (χ3v) is 5.52. The molecule has 1 aliphatic heterocycles. The number of carbonyl (C=O) groups is 5. The van der Waals surface area contributed by atoms with E-state index in [4.69, 9.17) is 33.2 Å². The number of esters is 4. The van der Waals surface area contributed by atoms with Crippen LogP contribution in [0.15, 0.2) is 12.3 Å². The maximum absolute atomic E-state index is 13.2. The Kier molecular flexibility index (Phi) is 12.1. The van der Waals surface area contributed by atoms with Gasteiger partial charge in [-0.3, -0.25) is 19.2 Å². The molecule has 0 aliphatic carbocycles. The Morgan fingerprint density at radius 3 is 2.33 bits per heavy atom. The van der Waals surface area contributed by atoms with Crippen molar-refractivity contribution in [3.8, 4) is 11.5 Å². The summed E-state index contributed by atoms with van der Waals surface area (Å²) in [6, 6.07) is 0.0982. The van der Waals surface area contributed by atoms with Gasteiger partial charge in [0.25, 0.3) is 5.91 Å². The molecule has 40 heavy (non-hydrogen) atoms. The Balaban J connectivity index is 2.28. The molecule has 14 heteroatoms. The number of aromatic nitrogens is 1. The largest absolute Gasteiger partial charge is 0.493 e. The number of amides is 1. The highest BCUT2D eigenvalue weighted by Gasteiger charge is 2.40. The lowest BCUT2D eigenvalue weighted by Gasteiger charge is -2.30. The Bertz CT molecular complexity index is 1070. The highest BCUT2D eigenvalue weighted by molar-refractivity contribution is 5.98. The molecular weight excluding hydrogens is 532 g/mol. The van der Waals surface area contributed by atoms with E-state index in [1.54, 1.807) is 27.7 Å². The van der Waals surface area contributed by atoms with E-state index in [1.807, 2.05) is 0 Å². The van der Waals surface area contributed by atoms with Crippen molar-refractivity contribution in [1.82, 2.24) is 10.3 Å².